The third-order valence-electron chi connectivity index (χ3n) is 7.47. The van der Waals surface area contributed by atoms with Gasteiger partial charge in [0.2, 0.25) is 0 Å². The van der Waals surface area contributed by atoms with Crippen molar-refractivity contribution < 1.29 is 33.5 Å². The summed E-state index contributed by atoms with van der Waals surface area (Å²) in [6.07, 6.45) is 11.1. The van der Waals surface area contributed by atoms with Crippen molar-refractivity contribution in [3.05, 3.63) is 41.6 Å². The summed E-state index contributed by atoms with van der Waals surface area (Å²) < 4.78 is 22.2. The van der Waals surface area contributed by atoms with Crippen molar-refractivity contribution in [1.82, 2.24) is 9.47 Å². The van der Waals surface area contributed by atoms with Crippen LogP contribution in [0.15, 0.2) is 30.5 Å². The standard InChI is InChI=1S/C26H34N2O3.H3O4P/c1-27-16-19-15-24-22(21-7-5-8-23(27)25(19)21)14-20(17-28(24)2)26(29)31-11-4-3-6-18-9-12-30-13-10-18;1-5(2,3)4/h5,7-8,14,16,18,20,24H,3-4,6,9-13,15,17H2,1-2H3;(H3,1,2,3,4)/t20-,24-;/m1./s1. The Morgan fingerprint density at radius 1 is 1.17 bits per heavy atom. The van der Waals surface area contributed by atoms with Crippen molar-refractivity contribution in [2.75, 3.05) is 33.4 Å². The molecule has 1 fully saturated rings. The molecule has 0 saturated carbocycles. The Morgan fingerprint density at radius 2 is 1.89 bits per heavy atom. The number of rotatable bonds is 6. The Hall–Kier alpha value is -2.00. The SMILES string of the molecule is CN1C[C@H](C(=O)OCCCCC2CCOCC2)C=C2c3cccc4c3c(cn4C)C[C@H]21.O=P(O)(O)O. The molecule has 9 nitrogen and oxygen atoms in total. The highest BCUT2D eigenvalue weighted by atomic mass is 31.2. The van der Waals surface area contributed by atoms with Gasteiger partial charge >= 0.3 is 13.8 Å². The van der Waals surface area contributed by atoms with Crippen LogP contribution in [0.3, 0.4) is 0 Å². The quantitative estimate of drug-likeness (QED) is 0.302. The number of phosphoric acid groups is 1. The second-order valence-corrected chi connectivity index (χ2v) is 11.1. The molecule has 1 aliphatic carbocycles. The molecule has 0 bridgehead atoms. The van der Waals surface area contributed by atoms with E-state index >= 15 is 0 Å². The molecule has 0 amide bonds. The zero-order valence-corrected chi connectivity index (χ0v) is 21.9. The van der Waals surface area contributed by atoms with Gasteiger partial charge in [0.15, 0.2) is 0 Å². The summed E-state index contributed by atoms with van der Waals surface area (Å²) in [7, 11) is -0.384. The van der Waals surface area contributed by atoms with E-state index in [0.29, 0.717) is 12.6 Å². The molecule has 3 heterocycles. The van der Waals surface area contributed by atoms with Gasteiger partial charge in [-0.15, -0.1) is 0 Å². The van der Waals surface area contributed by atoms with Gasteiger partial charge in [-0.25, -0.2) is 4.57 Å². The molecule has 10 heteroatoms. The summed E-state index contributed by atoms with van der Waals surface area (Å²) in [5.41, 5.74) is 5.25. The van der Waals surface area contributed by atoms with E-state index in [1.165, 1.54) is 46.9 Å². The molecule has 5 rings (SSSR count). The predicted octanol–water partition coefficient (Wildman–Crippen LogP) is 3.26. The fraction of sp³-hybridized carbons (Fsp3) is 0.577. The van der Waals surface area contributed by atoms with Gasteiger partial charge in [-0.3, -0.25) is 9.69 Å². The number of nitrogens with zero attached hydrogens (tertiary/aromatic N) is 2. The minimum absolute atomic E-state index is 0.0742. The maximum absolute atomic E-state index is 12.9. The first-order chi connectivity index (χ1) is 17.1. The lowest BCUT2D eigenvalue weighted by molar-refractivity contribution is -0.147. The first kappa shape index (κ1) is 27.0. The zero-order chi connectivity index (χ0) is 25.9. The second-order valence-electron chi connectivity index (χ2n) is 10.1. The first-order valence-corrected chi connectivity index (χ1v) is 14.2. The van der Waals surface area contributed by atoms with Crippen molar-refractivity contribution in [2.45, 2.75) is 44.6 Å². The molecule has 0 unspecified atom stereocenters. The van der Waals surface area contributed by atoms with E-state index in [9.17, 15) is 4.79 Å². The van der Waals surface area contributed by atoms with Gasteiger partial charge in [0.05, 0.1) is 12.5 Å². The molecule has 198 valence electrons. The normalized spacial score (nSPS) is 22.4. The molecule has 3 aliphatic rings. The van der Waals surface area contributed by atoms with E-state index in [4.69, 9.17) is 28.7 Å². The molecular weight excluding hydrogens is 483 g/mol. The molecule has 3 N–H and O–H groups in total. The van der Waals surface area contributed by atoms with E-state index in [2.05, 4.69) is 54.0 Å². The smallest absolute Gasteiger partial charge is 0.465 e. The summed E-state index contributed by atoms with van der Waals surface area (Å²) in [6, 6.07) is 6.86. The van der Waals surface area contributed by atoms with Crippen LogP contribution >= 0.6 is 7.82 Å². The number of fused-ring (bicyclic) bond motifs is 2. The van der Waals surface area contributed by atoms with Gasteiger partial charge in [-0.05, 0) is 67.8 Å². The van der Waals surface area contributed by atoms with Crippen molar-refractivity contribution in [3.8, 4) is 0 Å². The maximum atomic E-state index is 12.9. The molecular formula is C26H37N2O7P. The lowest BCUT2D eigenvalue weighted by Crippen LogP contribution is -2.44. The number of ether oxygens (including phenoxy) is 2. The van der Waals surface area contributed by atoms with Crippen LogP contribution in [0.1, 0.15) is 43.2 Å². The molecule has 0 spiro atoms. The molecule has 1 aromatic carbocycles. The van der Waals surface area contributed by atoms with Crippen molar-refractivity contribution in [1.29, 1.82) is 0 Å². The molecule has 1 aromatic heterocycles. The number of unbranched alkanes of at least 4 members (excludes halogenated alkanes) is 1. The number of carbonyl (C=O) groups is 1. The number of likely N-dealkylation sites (N-methyl/N-ethyl adjacent to an activating group) is 1. The molecule has 2 aliphatic heterocycles. The minimum Gasteiger partial charge on any atom is -0.465 e. The van der Waals surface area contributed by atoms with Crippen LogP contribution in [0.2, 0.25) is 0 Å². The van der Waals surface area contributed by atoms with E-state index < -0.39 is 7.82 Å². The van der Waals surface area contributed by atoms with Crippen LogP contribution in [-0.2, 0) is 32.3 Å². The maximum Gasteiger partial charge on any atom is 0.466 e. The van der Waals surface area contributed by atoms with Crippen LogP contribution in [0.5, 0.6) is 0 Å². The fourth-order valence-electron chi connectivity index (χ4n) is 5.73. The van der Waals surface area contributed by atoms with E-state index in [-0.39, 0.29) is 11.9 Å². The zero-order valence-electron chi connectivity index (χ0n) is 21.0. The Labute approximate surface area is 211 Å². The van der Waals surface area contributed by atoms with Gasteiger partial charge in [0.1, 0.15) is 0 Å². The van der Waals surface area contributed by atoms with Gasteiger partial charge in [0, 0.05) is 49.9 Å². The van der Waals surface area contributed by atoms with E-state index in [1.54, 1.807) is 0 Å². The Bertz CT molecular complexity index is 1140. The summed E-state index contributed by atoms with van der Waals surface area (Å²) in [4.78, 5) is 36.8. The molecule has 36 heavy (non-hydrogen) atoms. The minimum atomic E-state index is -4.64. The third-order valence-corrected chi connectivity index (χ3v) is 7.47. The van der Waals surface area contributed by atoms with Crippen molar-refractivity contribution >= 4 is 30.3 Å². The third kappa shape index (κ3) is 6.65. The largest absolute Gasteiger partial charge is 0.466 e. The number of hydrogen-bond acceptors (Lipinski definition) is 5. The summed E-state index contributed by atoms with van der Waals surface area (Å²) >= 11 is 0. The monoisotopic (exact) mass is 520 g/mol. The highest BCUT2D eigenvalue weighted by Crippen LogP contribution is 2.41. The number of aryl methyl sites for hydroxylation is 1. The fourth-order valence-corrected chi connectivity index (χ4v) is 5.73. The Morgan fingerprint density at radius 3 is 2.61 bits per heavy atom. The summed E-state index contributed by atoms with van der Waals surface area (Å²) in [6.45, 7) is 3.08. The Balaban J connectivity index is 0.000000556. The predicted molar refractivity (Wildman–Crippen MR) is 137 cm³/mol. The molecule has 1 saturated heterocycles. The van der Waals surface area contributed by atoms with Crippen LogP contribution < -0.4 is 0 Å². The second kappa shape index (κ2) is 11.6. The average molecular weight is 521 g/mol. The molecule has 2 atom stereocenters. The summed E-state index contributed by atoms with van der Waals surface area (Å²) in [5.74, 6) is 0.525. The highest BCUT2D eigenvalue weighted by molar-refractivity contribution is 7.45. The molecule has 0 radical (unpaired) electrons. The van der Waals surface area contributed by atoms with Crippen LogP contribution in [-0.4, -0.2) is 69.6 Å². The Kier molecular flexibility index (Phi) is 8.71. The number of benzene rings is 1. The number of aromatic nitrogens is 1. The number of carbonyl (C=O) groups excluding carboxylic acids is 1. The highest BCUT2D eigenvalue weighted by Gasteiger charge is 2.36. The van der Waals surface area contributed by atoms with Gasteiger partial charge in [-0.2, -0.15) is 0 Å². The molecule has 2 aromatic rings. The van der Waals surface area contributed by atoms with Gasteiger partial charge < -0.3 is 28.7 Å². The first-order valence-electron chi connectivity index (χ1n) is 12.6. The van der Waals surface area contributed by atoms with E-state index in [0.717, 1.165) is 44.9 Å². The van der Waals surface area contributed by atoms with Crippen molar-refractivity contribution in [3.63, 3.8) is 0 Å². The van der Waals surface area contributed by atoms with Crippen LogP contribution in [0.4, 0.5) is 0 Å². The van der Waals surface area contributed by atoms with E-state index in [1.807, 2.05) is 0 Å². The van der Waals surface area contributed by atoms with Crippen LogP contribution in [0.25, 0.3) is 16.5 Å². The topological polar surface area (TPSA) is 121 Å². The van der Waals surface area contributed by atoms with Crippen molar-refractivity contribution in [2.24, 2.45) is 18.9 Å². The van der Waals surface area contributed by atoms with Crippen LogP contribution in [0, 0.1) is 11.8 Å². The summed E-state index contributed by atoms with van der Waals surface area (Å²) in [5, 5.41) is 1.35. The number of esters is 1. The average Bonchev–Trinajstić information content (AvgIpc) is 3.15. The number of hydrogen-bond donors (Lipinski definition) is 3. The lowest BCUT2D eigenvalue weighted by Gasteiger charge is -2.39. The van der Waals surface area contributed by atoms with Gasteiger partial charge in [0.25, 0.3) is 0 Å². The van der Waals surface area contributed by atoms with Gasteiger partial charge in [-0.1, -0.05) is 24.6 Å². The lowest BCUT2D eigenvalue weighted by atomic mass is 9.80.